The highest BCUT2D eigenvalue weighted by Crippen LogP contribution is 2.25. The Kier molecular flexibility index (Phi) is 3.20. The molecule has 1 fully saturated rings. The summed E-state index contributed by atoms with van der Waals surface area (Å²) in [6, 6.07) is 3.96. The van der Waals surface area contributed by atoms with Crippen molar-refractivity contribution in [3.63, 3.8) is 0 Å². The van der Waals surface area contributed by atoms with Crippen LogP contribution in [0, 0.1) is 5.92 Å². The van der Waals surface area contributed by atoms with Crippen molar-refractivity contribution < 1.29 is 0 Å². The summed E-state index contributed by atoms with van der Waals surface area (Å²) in [6.07, 6.45) is 4.71. The molecule has 1 saturated carbocycles. The van der Waals surface area contributed by atoms with Crippen LogP contribution in [-0.2, 0) is 0 Å². The van der Waals surface area contributed by atoms with Crippen LogP contribution in [-0.4, -0.2) is 32.4 Å². The second-order valence-corrected chi connectivity index (χ2v) is 5.05. The SMILES string of the molecule is NCC1CCCCC1Nc1ccc2n[nH]c(=O)n2n1. The average molecular weight is 262 g/mol. The summed E-state index contributed by atoms with van der Waals surface area (Å²) in [5.74, 6) is 1.17. The summed E-state index contributed by atoms with van der Waals surface area (Å²) < 4.78 is 1.27. The molecule has 0 bridgehead atoms. The van der Waals surface area contributed by atoms with Gasteiger partial charge in [0.15, 0.2) is 5.65 Å². The highest BCUT2D eigenvalue weighted by Gasteiger charge is 2.24. The molecule has 0 saturated heterocycles. The molecule has 3 rings (SSSR count). The lowest BCUT2D eigenvalue weighted by Crippen LogP contribution is -2.37. The molecule has 2 heterocycles. The van der Waals surface area contributed by atoms with Crippen LogP contribution < -0.4 is 16.7 Å². The first-order valence-corrected chi connectivity index (χ1v) is 6.69. The zero-order valence-electron chi connectivity index (χ0n) is 10.7. The van der Waals surface area contributed by atoms with Crippen LogP contribution >= 0.6 is 0 Å². The predicted molar refractivity (Wildman–Crippen MR) is 72.0 cm³/mol. The van der Waals surface area contributed by atoms with Crippen molar-refractivity contribution in [2.45, 2.75) is 31.7 Å². The molecule has 0 spiro atoms. The maximum absolute atomic E-state index is 11.5. The Hall–Kier alpha value is -1.89. The molecule has 2 aromatic rings. The zero-order chi connectivity index (χ0) is 13.2. The van der Waals surface area contributed by atoms with Gasteiger partial charge >= 0.3 is 5.69 Å². The largest absolute Gasteiger partial charge is 0.366 e. The van der Waals surface area contributed by atoms with Gasteiger partial charge in [-0.15, -0.1) is 5.10 Å². The summed E-state index contributed by atoms with van der Waals surface area (Å²) in [6.45, 7) is 0.686. The Bertz CT molecular complexity index is 618. The van der Waals surface area contributed by atoms with Gasteiger partial charge in [-0.1, -0.05) is 12.8 Å². The van der Waals surface area contributed by atoms with Gasteiger partial charge in [0.2, 0.25) is 0 Å². The summed E-state index contributed by atoms with van der Waals surface area (Å²) in [4.78, 5) is 11.5. The number of H-pyrrole nitrogens is 1. The number of hydrogen-bond acceptors (Lipinski definition) is 5. The molecule has 7 nitrogen and oxygen atoms in total. The molecule has 0 amide bonds. The van der Waals surface area contributed by atoms with E-state index in [4.69, 9.17) is 5.73 Å². The fourth-order valence-corrected chi connectivity index (χ4v) is 2.75. The first-order valence-electron chi connectivity index (χ1n) is 6.69. The Labute approximate surface area is 110 Å². The minimum Gasteiger partial charge on any atom is -0.366 e. The molecule has 2 unspecified atom stereocenters. The van der Waals surface area contributed by atoms with Gasteiger partial charge in [0.1, 0.15) is 5.82 Å². The van der Waals surface area contributed by atoms with E-state index in [9.17, 15) is 4.79 Å². The van der Waals surface area contributed by atoms with Crippen LogP contribution in [0.5, 0.6) is 0 Å². The van der Waals surface area contributed by atoms with Crippen LogP contribution in [0.1, 0.15) is 25.7 Å². The van der Waals surface area contributed by atoms with Crippen molar-refractivity contribution in [3.05, 3.63) is 22.6 Å². The molecule has 0 radical (unpaired) electrons. The highest BCUT2D eigenvalue weighted by molar-refractivity contribution is 5.43. The second-order valence-electron chi connectivity index (χ2n) is 5.05. The molecule has 102 valence electrons. The summed E-state index contributed by atoms with van der Waals surface area (Å²) in [5, 5.41) is 13.9. The van der Waals surface area contributed by atoms with Gasteiger partial charge in [0.25, 0.3) is 0 Å². The molecule has 2 aromatic heterocycles. The molecule has 1 aliphatic rings. The zero-order valence-corrected chi connectivity index (χ0v) is 10.7. The van der Waals surface area contributed by atoms with Gasteiger partial charge in [-0.05, 0) is 37.4 Å². The van der Waals surface area contributed by atoms with Crippen molar-refractivity contribution in [1.82, 2.24) is 19.8 Å². The lowest BCUT2D eigenvalue weighted by molar-refractivity contribution is 0.332. The normalized spacial score (nSPS) is 23.6. The lowest BCUT2D eigenvalue weighted by atomic mass is 9.84. The van der Waals surface area contributed by atoms with Gasteiger partial charge in [0.05, 0.1) is 0 Å². The van der Waals surface area contributed by atoms with Crippen LogP contribution in [0.3, 0.4) is 0 Å². The quantitative estimate of drug-likeness (QED) is 0.740. The Morgan fingerprint density at radius 3 is 3.11 bits per heavy atom. The lowest BCUT2D eigenvalue weighted by Gasteiger charge is -2.31. The van der Waals surface area contributed by atoms with Crippen LogP contribution in [0.2, 0.25) is 0 Å². The van der Waals surface area contributed by atoms with Crippen molar-refractivity contribution in [2.75, 3.05) is 11.9 Å². The minimum atomic E-state index is -0.322. The third-order valence-electron chi connectivity index (χ3n) is 3.82. The van der Waals surface area contributed by atoms with Crippen LogP contribution in [0.25, 0.3) is 5.65 Å². The maximum Gasteiger partial charge on any atom is 0.364 e. The molecular weight excluding hydrogens is 244 g/mol. The van der Waals surface area contributed by atoms with Gasteiger partial charge < -0.3 is 11.1 Å². The Morgan fingerprint density at radius 1 is 1.42 bits per heavy atom. The van der Waals surface area contributed by atoms with Crippen molar-refractivity contribution in [2.24, 2.45) is 11.7 Å². The molecule has 7 heteroatoms. The second kappa shape index (κ2) is 5.00. The Balaban J connectivity index is 1.83. The molecule has 19 heavy (non-hydrogen) atoms. The van der Waals surface area contributed by atoms with Crippen molar-refractivity contribution >= 4 is 11.5 Å². The number of fused-ring (bicyclic) bond motifs is 1. The van der Waals surface area contributed by atoms with Crippen molar-refractivity contribution in [1.29, 1.82) is 0 Å². The number of nitrogens with two attached hydrogens (primary N) is 1. The summed E-state index contributed by atoms with van der Waals surface area (Å²) in [5.41, 5.74) is 6.02. The first-order chi connectivity index (χ1) is 9.28. The van der Waals surface area contributed by atoms with Gasteiger partial charge in [-0.3, -0.25) is 0 Å². The Morgan fingerprint density at radius 2 is 2.26 bits per heavy atom. The number of rotatable bonds is 3. The minimum absolute atomic E-state index is 0.322. The van der Waals surface area contributed by atoms with E-state index in [0.717, 1.165) is 12.8 Å². The smallest absolute Gasteiger partial charge is 0.364 e. The average Bonchev–Trinajstić information content (AvgIpc) is 2.81. The number of hydrogen-bond donors (Lipinski definition) is 3. The molecule has 2 atom stereocenters. The van der Waals surface area contributed by atoms with E-state index >= 15 is 0 Å². The van der Waals surface area contributed by atoms with Crippen molar-refractivity contribution in [3.8, 4) is 0 Å². The van der Waals surface area contributed by atoms with Crippen LogP contribution in [0.4, 0.5) is 5.82 Å². The van der Waals surface area contributed by atoms with Gasteiger partial charge in [-0.2, -0.15) is 9.61 Å². The number of nitrogens with one attached hydrogen (secondary N) is 2. The van der Waals surface area contributed by atoms with E-state index in [1.165, 1.54) is 17.4 Å². The third-order valence-corrected chi connectivity index (χ3v) is 3.82. The molecule has 0 aromatic carbocycles. The molecule has 4 N–H and O–H groups in total. The summed E-state index contributed by atoms with van der Waals surface area (Å²) in [7, 11) is 0. The fourth-order valence-electron chi connectivity index (χ4n) is 2.75. The van der Waals surface area contributed by atoms with Gasteiger partial charge in [-0.25, -0.2) is 9.89 Å². The van der Waals surface area contributed by atoms with E-state index < -0.39 is 0 Å². The number of anilines is 1. The van der Waals surface area contributed by atoms with Crippen LogP contribution in [0.15, 0.2) is 16.9 Å². The standard InChI is InChI=1S/C12H18N6O/c13-7-8-3-1-2-4-9(8)14-10-5-6-11-15-16-12(19)18(11)17-10/h5-6,8-9H,1-4,7,13H2,(H,14,17)(H,16,19). The number of aromatic nitrogens is 4. The van der Waals surface area contributed by atoms with E-state index in [1.807, 2.05) is 6.07 Å². The van der Waals surface area contributed by atoms with E-state index in [0.29, 0.717) is 30.0 Å². The molecule has 1 aliphatic carbocycles. The van der Waals surface area contributed by atoms with E-state index in [1.54, 1.807) is 6.07 Å². The number of nitrogens with zero attached hydrogens (tertiary/aromatic N) is 3. The highest BCUT2D eigenvalue weighted by atomic mass is 16.2. The summed E-state index contributed by atoms with van der Waals surface area (Å²) >= 11 is 0. The predicted octanol–water partition coefficient (Wildman–Crippen LogP) is 0.347. The van der Waals surface area contributed by atoms with Gasteiger partial charge in [0, 0.05) is 6.04 Å². The molecular formula is C12H18N6O. The fraction of sp³-hybridized carbons (Fsp3) is 0.583. The maximum atomic E-state index is 11.5. The van der Waals surface area contributed by atoms with E-state index in [2.05, 4.69) is 20.6 Å². The monoisotopic (exact) mass is 262 g/mol. The van der Waals surface area contributed by atoms with E-state index in [-0.39, 0.29) is 5.69 Å². The first kappa shape index (κ1) is 12.2. The molecule has 0 aliphatic heterocycles. The third kappa shape index (κ3) is 2.33. The number of aromatic amines is 1. The topological polar surface area (TPSA) is 101 Å².